The smallest absolute Gasteiger partial charge is 0.252 e. The Kier molecular flexibility index (Phi) is 7.98. The quantitative estimate of drug-likeness (QED) is 0.430. The third-order valence-corrected chi connectivity index (χ3v) is 6.81. The van der Waals surface area contributed by atoms with Crippen LogP contribution in [0.25, 0.3) is 5.65 Å². The van der Waals surface area contributed by atoms with Gasteiger partial charge in [0.2, 0.25) is 5.91 Å². The van der Waals surface area contributed by atoms with Crippen molar-refractivity contribution in [3.8, 4) is 0 Å². The molecule has 3 aromatic rings. The summed E-state index contributed by atoms with van der Waals surface area (Å²) in [6, 6.07) is 3.66. The Balaban J connectivity index is 1.48. The van der Waals surface area contributed by atoms with Crippen LogP contribution in [0.1, 0.15) is 74.8 Å². The second-order valence-electron chi connectivity index (χ2n) is 9.12. The average molecular weight is 465 g/mol. The van der Waals surface area contributed by atoms with Crippen molar-refractivity contribution >= 4 is 23.3 Å². The van der Waals surface area contributed by atoms with Gasteiger partial charge >= 0.3 is 0 Å². The number of nitrogens with one attached hydrogen (secondary N) is 1. The predicted molar refractivity (Wildman–Crippen MR) is 133 cm³/mol. The van der Waals surface area contributed by atoms with E-state index in [1.807, 2.05) is 39.3 Å². The first-order valence-electron chi connectivity index (χ1n) is 12.7. The normalized spacial score (nSPS) is 14.1. The molecule has 0 radical (unpaired) electrons. The molecule has 182 valence electrons. The van der Waals surface area contributed by atoms with Crippen LogP contribution in [0.5, 0.6) is 0 Å². The third-order valence-electron chi connectivity index (χ3n) is 6.81. The van der Waals surface area contributed by atoms with Crippen LogP contribution in [0.3, 0.4) is 0 Å². The predicted octanol–water partition coefficient (Wildman–Crippen LogP) is 4.24. The Labute approximate surface area is 201 Å². The summed E-state index contributed by atoms with van der Waals surface area (Å²) < 4.78 is 3.90. The van der Waals surface area contributed by atoms with Crippen LogP contribution in [0.4, 0.5) is 5.82 Å². The number of hydrogen-bond acceptors (Lipinski definition) is 4. The molecule has 8 heteroatoms. The molecule has 1 fully saturated rings. The molecule has 0 saturated heterocycles. The highest BCUT2D eigenvalue weighted by atomic mass is 16.2. The number of aryl methyl sites for hydroxylation is 2. The lowest BCUT2D eigenvalue weighted by molar-refractivity contribution is -0.118. The number of imidazole rings is 2. The maximum absolute atomic E-state index is 13.2. The maximum Gasteiger partial charge on any atom is 0.252 e. The highest BCUT2D eigenvalue weighted by Gasteiger charge is 2.24. The molecular weight excluding hydrogens is 428 g/mol. The maximum atomic E-state index is 13.2. The SMILES string of the molecule is CCc1nc2ccc(C(=O)NCCCn3ccnc3)cn2c1N(CC)C(=O)CCC1CCCC1. The van der Waals surface area contributed by atoms with Crippen molar-refractivity contribution in [1.82, 2.24) is 24.3 Å². The molecule has 3 heterocycles. The summed E-state index contributed by atoms with van der Waals surface area (Å²) in [5.74, 6) is 1.49. The number of fused-ring (bicyclic) bond motifs is 1. The topological polar surface area (TPSA) is 84.5 Å². The molecule has 1 saturated carbocycles. The van der Waals surface area contributed by atoms with Gasteiger partial charge in [-0.2, -0.15) is 0 Å². The summed E-state index contributed by atoms with van der Waals surface area (Å²) in [6.07, 6.45) is 15.4. The molecule has 3 aromatic heterocycles. The first-order chi connectivity index (χ1) is 16.6. The molecule has 0 spiro atoms. The van der Waals surface area contributed by atoms with E-state index in [-0.39, 0.29) is 11.8 Å². The van der Waals surface area contributed by atoms with Gasteiger partial charge in [-0.3, -0.25) is 18.9 Å². The minimum atomic E-state index is -0.124. The third kappa shape index (κ3) is 5.48. The van der Waals surface area contributed by atoms with Gasteiger partial charge in [-0.05, 0) is 44.2 Å². The van der Waals surface area contributed by atoms with Gasteiger partial charge in [-0.15, -0.1) is 0 Å². The van der Waals surface area contributed by atoms with Gasteiger partial charge in [-0.1, -0.05) is 32.6 Å². The van der Waals surface area contributed by atoms with Gasteiger partial charge in [0.1, 0.15) is 11.5 Å². The van der Waals surface area contributed by atoms with Crippen LogP contribution in [0.15, 0.2) is 37.1 Å². The molecule has 0 aromatic carbocycles. The van der Waals surface area contributed by atoms with Gasteiger partial charge in [-0.25, -0.2) is 9.97 Å². The first kappa shape index (κ1) is 24.0. The summed E-state index contributed by atoms with van der Waals surface area (Å²) in [5, 5.41) is 3.00. The number of hydrogen-bond donors (Lipinski definition) is 1. The van der Waals surface area contributed by atoms with Crippen LogP contribution in [0.2, 0.25) is 0 Å². The lowest BCUT2D eigenvalue weighted by atomic mass is 10.0. The van der Waals surface area contributed by atoms with Crippen molar-refractivity contribution < 1.29 is 9.59 Å². The van der Waals surface area contributed by atoms with Crippen molar-refractivity contribution in [1.29, 1.82) is 0 Å². The van der Waals surface area contributed by atoms with E-state index in [1.54, 1.807) is 18.6 Å². The van der Waals surface area contributed by atoms with Crippen molar-refractivity contribution in [3.63, 3.8) is 0 Å². The molecule has 34 heavy (non-hydrogen) atoms. The molecular formula is C26H36N6O2. The van der Waals surface area contributed by atoms with E-state index in [0.717, 1.165) is 43.0 Å². The fourth-order valence-corrected chi connectivity index (χ4v) is 4.93. The standard InChI is InChI=1S/C26H36N6O2/c1-3-22-26(31(4-2)24(33)13-10-20-8-5-6-9-20)32-18-21(11-12-23(32)29-22)25(34)28-14-7-16-30-17-15-27-19-30/h11-12,15,17-20H,3-10,13-14,16H2,1-2H3,(H,28,34). The number of carbonyl (C=O) groups excluding carboxylic acids is 2. The highest BCUT2D eigenvalue weighted by molar-refractivity contribution is 5.95. The van der Waals surface area contributed by atoms with Crippen LogP contribution in [-0.4, -0.2) is 43.8 Å². The molecule has 0 atom stereocenters. The number of anilines is 1. The fraction of sp³-hybridized carbons (Fsp3) is 0.538. The largest absolute Gasteiger partial charge is 0.352 e. The Morgan fingerprint density at radius 1 is 1.21 bits per heavy atom. The van der Waals surface area contributed by atoms with Gasteiger partial charge < -0.3 is 9.88 Å². The van der Waals surface area contributed by atoms with Crippen LogP contribution >= 0.6 is 0 Å². The molecule has 0 unspecified atom stereocenters. The minimum Gasteiger partial charge on any atom is -0.352 e. The molecule has 1 aliphatic carbocycles. The van der Waals surface area contributed by atoms with Gasteiger partial charge in [0, 0.05) is 44.6 Å². The number of nitrogens with zero attached hydrogens (tertiary/aromatic N) is 5. The first-order valence-corrected chi connectivity index (χ1v) is 12.7. The molecule has 1 aliphatic rings. The monoisotopic (exact) mass is 464 g/mol. The Bertz CT molecular complexity index is 1100. The zero-order chi connectivity index (χ0) is 23.9. The fourth-order valence-electron chi connectivity index (χ4n) is 4.93. The van der Waals surface area contributed by atoms with E-state index in [2.05, 4.69) is 17.2 Å². The Morgan fingerprint density at radius 2 is 2.03 bits per heavy atom. The lowest BCUT2D eigenvalue weighted by Crippen LogP contribution is -2.32. The van der Waals surface area contributed by atoms with E-state index in [4.69, 9.17) is 4.98 Å². The molecule has 8 nitrogen and oxygen atoms in total. The molecule has 1 N–H and O–H groups in total. The summed E-state index contributed by atoms with van der Waals surface area (Å²) >= 11 is 0. The van der Waals surface area contributed by atoms with Crippen molar-refractivity contribution in [2.24, 2.45) is 5.92 Å². The van der Waals surface area contributed by atoms with Gasteiger partial charge in [0.15, 0.2) is 0 Å². The van der Waals surface area contributed by atoms with E-state index >= 15 is 0 Å². The Hall–Kier alpha value is -3.16. The average Bonchev–Trinajstić information content (AvgIpc) is 3.62. The number of aromatic nitrogens is 4. The van der Waals surface area contributed by atoms with Gasteiger partial charge in [0.05, 0.1) is 17.6 Å². The van der Waals surface area contributed by atoms with E-state index in [0.29, 0.717) is 31.0 Å². The highest BCUT2D eigenvalue weighted by Crippen LogP contribution is 2.30. The summed E-state index contributed by atoms with van der Waals surface area (Å²) in [6.45, 7) is 6.01. The molecule has 0 bridgehead atoms. The molecule has 0 aliphatic heterocycles. The molecule has 2 amide bonds. The lowest BCUT2D eigenvalue weighted by Gasteiger charge is -2.22. The van der Waals surface area contributed by atoms with Crippen LogP contribution in [0, 0.1) is 5.92 Å². The second kappa shape index (κ2) is 11.3. The van der Waals surface area contributed by atoms with E-state index in [1.165, 1.54) is 25.7 Å². The van der Waals surface area contributed by atoms with Crippen molar-refractivity contribution in [2.45, 2.75) is 71.8 Å². The van der Waals surface area contributed by atoms with Gasteiger partial charge in [0.25, 0.3) is 5.91 Å². The summed E-state index contributed by atoms with van der Waals surface area (Å²) in [4.78, 5) is 36.7. The van der Waals surface area contributed by atoms with E-state index < -0.39 is 0 Å². The zero-order valence-electron chi connectivity index (χ0n) is 20.4. The Morgan fingerprint density at radius 3 is 2.74 bits per heavy atom. The second-order valence-corrected chi connectivity index (χ2v) is 9.12. The number of carbonyl (C=O) groups is 2. The van der Waals surface area contributed by atoms with Crippen LogP contribution < -0.4 is 10.2 Å². The number of amides is 2. The summed E-state index contributed by atoms with van der Waals surface area (Å²) in [7, 11) is 0. The zero-order valence-corrected chi connectivity index (χ0v) is 20.4. The number of rotatable bonds is 11. The van der Waals surface area contributed by atoms with Crippen LogP contribution in [-0.2, 0) is 17.8 Å². The molecule has 4 rings (SSSR count). The summed E-state index contributed by atoms with van der Waals surface area (Å²) in [5.41, 5.74) is 2.20. The van der Waals surface area contributed by atoms with Crippen molar-refractivity contribution in [3.05, 3.63) is 48.3 Å². The van der Waals surface area contributed by atoms with E-state index in [9.17, 15) is 9.59 Å². The number of pyridine rings is 1. The van der Waals surface area contributed by atoms with Crippen molar-refractivity contribution in [2.75, 3.05) is 18.0 Å². The minimum absolute atomic E-state index is 0.124.